The molecule has 0 saturated heterocycles. The van der Waals surface area contributed by atoms with Crippen molar-refractivity contribution in [3.05, 3.63) is 27.7 Å². The molecule has 0 amide bonds. The van der Waals surface area contributed by atoms with Gasteiger partial charge in [0.15, 0.2) is 0 Å². The fourth-order valence-electron chi connectivity index (χ4n) is 1.32. The molecule has 1 atom stereocenters. The van der Waals surface area contributed by atoms with Crippen LogP contribution in [0.3, 0.4) is 0 Å². The SMILES string of the molecule is NC[C@@H](N)c1c(C(F)(F)F)ccc(Br)c1O. The Labute approximate surface area is 98.4 Å². The van der Waals surface area contributed by atoms with Gasteiger partial charge in [-0.3, -0.25) is 0 Å². The van der Waals surface area contributed by atoms with Gasteiger partial charge in [-0.15, -0.1) is 0 Å². The molecule has 0 heterocycles. The number of hydrogen-bond acceptors (Lipinski definition) is 3. The van der Waals surface area contributed by atoms with Crippen LogP contribution in [0.1, 0.15) is 17.2 Å². The first kappa shape index (κ1) is 13.3. The molecule has 0 aliphatic rings. The minimum Gasteiger partial charge on any atom is -0.506 e. The summed E-state index contributed by atoms with van der Waals surface area (Å²) < 4.78 is 38.1. The van der Waals surface area contributed by atoms with Gasteiger partial charge >= 0.3 is 6.18 Å². The van der Waals surface area contributed by atoms with E-state index in [0.29, 0.717) is 0 Å². The highest BCUT2D eigenvalue weighted by Gasteiger charge is 2.36. The van der Waals surface area contributed by atoms with Gasteiger partial charge in [0.05, 0.1) is 10.0 Å². The van der Waals surface area contributed by atoms with Gasteiger partial charge in [0.1, 0.15) is 5.75 Å². The summed E-state index contributed by atoms with van der Waals surface area (Å²) in [5.41, 5.74) is 9.32. The fourth-order valence-corrected chi connectivity index (χ4v) is 1.67. The number of rotatable bonds is 2. The lowest BCUT2D eigenvalue weighted by molar-refractivity contribution is -0.138. The topological polar surface area (TPSA) is 72.3 Å². The van der Waals surface area contributed by atoms with Crippen LogP contribution in [0.5, 0.6) is 5.75 Å². The van der Waals surface area contributed by atoms with E-state index in [-0.39, 0.29) is 16.6 Å². The van der Waals surface area contributed by atoms with Crippen molar-refractivity contribution in [2.24, 2.45) is 11.5 Å². The number of aromatic hydroxyl groups is 1. The Morgan fingerprint density at radius 1 is 1.38 bits per heavy atom. The summed E-state index contributed by atoms with van der Waals surface area (Å²) in [6.07, 6.45) is -4.57. The maximum absolute atomic E-state index is 12.6. The monoisotopic (exact) mass is 298 g/mol. The zero-order valence-electron chi connectivity index (χ0n) is 8.05. The molecule has 0 saturated carbocycles. The molecular weight excluding hydrogens is 289 g/mol. The van der Waals surface area contributed by atoms with Crippen molar-refractivity contribution >= 4 is 15.9 Å². The van der Waals surface area contributed by atoms with E-state index in [2.05, 4.69) is 15.9 Å². The average Bonchev–Trinajstić information content (AvgIpc) is 2.19. The molecule has 0 aromatic heterocycles. The molecule has 0 aliphatic carbocycles. The molecule has 90 valence electrons. The molecule has 0 spiro atoms. The zero-order chi connectivity index (χ0) is 12.5. The first-order valence-corrected chi connectivity index (χ1v) is 5.12. The van der Waals surface area contributed by atoms with Crippen LogP contribution in [0.4, 0.5) is 13.2 Å². The van der Waals surface area contributed by atoms with E-state index < -0.39 is 23.5 Å². The van der Waals surface area contributed by atoms with Crippen LogP contribution in [-0.2, 0) is 6.18 Å². The average molecular weight is 299 g/mol. The van der Waals surface area contributed by atoms with Crippen LogP contribution in [0, 0.1) is 0 Å². The summed E-state index contributed by atoms with van der Waals surface area (Å²) in [5, 5.41) is 9.56. The molecular formula is C9H10BrF3N2O. The third-order valence-electron chi connectivity index (χ3n) is 2.10. The lowest BCUT2D eigenvalue weighted by atomic mass is 9.99. The van der Waals surface area contributed by atoms with Gasteiger partial charge in [0, 0.05) is 18.2 Å². The number of nitrogens with two attached hydrogens (primary N) is 2. The van der Waals surface area contributed by atoms with E-state index in [4.69, 9.17) is 11.5 Å². The number of hydrogen-bond donors (Lipinski definition) is 3. The van der Waals surface area contributed by atoms with Crippen molar-refractivity contribution in [3.8, 4) is 5.75 Å². The highest BCUT2D eigenvalue weighted by molar-refractivity contribution is 9.10. The van der Waals surface area contributed by atoms with Crippen molar-refractivity contribution in [1.29, 1.82) is 0 Å². The van der Waals surface area contributed by atoms with Gasteiger partial charge in [0.2, 0.25) is 0 Å². The summed E-state index contributed by atoms with van der Waals surface area (Å²) in [6.45, 7) is -0.187. The molecule has 5 N–H and O–H groups in total. The Bertz CT molecular complexity index is 395. The number of benzene rings is 1. The van der Waals surface area contributed by atoms with Crippen LogP contribution >= 0.6 is 15.9 Å². The minimum absolute atomic E-state index is 0.152. The van der Waals surface area contributed by atoms with E-state index in [1.54, 1.807) is 0 Å². The normalized spacial score (nSPS) is 13.9. The largest absolute Gasteiger partial charge is 0.506 e. The highest BCUT2D eigenvalue weighted by atomic mass is 79.9. The number of alkyl halides is 3. The second-order valence-corrected chi connectivity index (χ2v) is 4.05. The van der Waals surface area contributed by atoms with E-state index in [1.807, 2.05) is 0 Å². The molecule has 7 heteroatoms. The molecule has 3 nitrogen and oxygen atoms in total. The Hall–Kier alpha value is -0.790. The standard InChI is InChI=1S/C9H10BrF3N2O/c10-5-2-1-4(9(11,12)13)7(8(5)16)6(15)3-14/h1-2,6,16H,3,14-15H2/t6-/m1/s1. The molecule has 0 radical (unpaired) electrons. The molecule has 0 fully saturated rings. The van der Waals surface area contributed by atoms with Crippen molar-refractivity contribution < 1.29 is 18.3 Å². The molecule has 0 aliphatic heterocycles. The van der Waals surface area contributed by atoms with E-state index in [1.165, 1.54) is 0 Å². The second kappa shape index (κ2) is 4.60. The van der Waals surface area contributed by atoms with Crippen molar-refractivity contribution in [3.63, 3.8) is 0 Å². The highest BCUT2D eigenvalue weighted by Crippen LogP contribution is 2.41. The van der Waals surface area contributed by atoms with E-state index in [0.717, 1.165) is 12.1 Å². The van der Waals surface area contributed by atoms with Gasteiger partial charge in [0.25, 0.3) is 0 Å². The van der Waals surface area contributed by atoms with Gasteiger partial charge in [-0.1, -0.05) is 0 Å². The maximum Gasteiger partial charge on any atom is 0.416 e. The van der Waals surface area contributed by atoms with E-state index in [9.17, 15) is 18.3 Å². The van der Waals surface area contributed by atoms with Crippen LogP contribution in [0.25, 0.3) is 0 Å². The van der Waals surface area contributed by atoms with Crippen molar-refractivity contribution in [1.82, 2.24) is 0 Å². The quantitative estimate of drug-likeness (QED) is 0.783. The predicted octanol–water partition coefficient (Wildman–Crippen LogP) is 2.13. The molecule has 1 rings (SSSR count). The summed E-state index contributed by atoms with van der Waals surface area (Å²) >= 11 is 2.93. The summed E-state index contributed by atoms with van der Waals surface area (Å²) in [6, 6.07) is 0.911. The van der Waals surface area contributed by atoms with Crippen LogP contribution < -0.4 is 11.5 Å². The first-order chi connectivity index (χ1) is 7.29. The van der Waals surface area contributed by atoms with Crippen molar-refractivity contribution in [2.75, 3.05) is 6.54 Å². The maximum atomic E-state index is 12.6. The smallest absolute Gasteiger partial charge is 0.416 e. The van der Waals surface area contributed by atoms with Gasteiger partial charge < -0.3 is 16.6 Å². The number of phenols is 1. The first-order valence-electron chi connectivity index (χ1n) is 4.33. The van der Waals surface area contributed by atoms with Crippen LogP contribution in [-0.4, -0.2) is 11.7 Å². The molecule has 1 aromatic rings. The van der Waals surface area contributed by atoms with Crippen LogP contribution in [0.15, 0.2) is 16.6 Å². The minimum atomic E-state index is -4.57. The number of phenolic OH excluding ortho intramolecular Hbond substituents is 1. The molecule has 1 aromatic carbocycles. The molecule has 0 unspecified atom stereocenters. The number of halogens is 4. The molecule has 16 heavy (non-hydrogen) atoms. The molecule has 0 bridgehead atoms. The lowest BCUT2D eigenvalue weighted by Gasteiger charge is -2.19. The Morgan fingerprint density at radius 2 is 1.94 bits per heavy atom. The van der Waals surface area contributed by atoms with Gasteiger partial charge in [-0.25, -0.2) is 0 Å². The predicted molar refractivity (Wildman–Crippen MR) is 56.8 cm³/mol. The van der Waals surface area contributed by atoms with Crippen LogP contribution in [0.2, 0.25) is 0 Å². The van der Waals surface area contributed by atoms with Gasteiger partial charge in [-0.2, -0.15) is 13.2 Å². The summed E-state index contributed by atoms with van der Waals surface area (Å²) in [4.78, 5) is 0. The zero-order valence-corrected chi connectivity index (χ0v) is 9.64. The fraction of sp³-hybridized carbons (Fsp3) is 0.333. The second-order valence-electron chi connectivity index (χ2n) is 3.20. The Morgan fingerprint density at radius 3 is 2.38 bits per heavy atom. The Balaban J connectivity index is 3.45. The van der Waals surface area contributed by atoms with Gasteiger partial charge in [-0.05, 0) is 28.1 Å². The van der Waals surface area contributed by atoms with Crippen molar-refractivity contribution in [2.45, 2.75) is 12.2 Å². The lowest BCUT2D eigenvalue weighted by Crippen LogP contribution is -2.24. The summed E-state index contributed by atoms with van der Waals surface area (Å²) in [5.74, 6) is -0.521. The summed E-state index contributed by atoms with van der Waals surface area (Å²) in [7, 11) is 0. The third kappa shape index (κ3) is 2.47. The third-order valence-corrected chi connectivity index (χ3v) is 2.74. The van der Waals surface area contributed by atoms with E-state index >= 15 is 0 Å². The Kier molecular flexibility index (Phi) is 3.82.